The maximum atomic E-state index is 16.4. The van der Waals surface area contributed by atoms with Gasteiger partial charge in [0.2, 0.25) is 0 Å². The van der Waals surface area contributed by atoms with E-state index in [1.807, 2.05) is 47.9 Å². The highest BCUT2D eigenvalue weighted by Gasteiger charge is 2.29. The first-order valence-electron chi connectivity index (χ1n) is 20.3. The van der Waals surface area contributed by atoms with Crippen LogP contribution in [0.3, 0.4) is 0 Å². The summed E-state index contributed by atoms with van der Waals surface area (Å²) in [6.07, 6.45) is 13.0. The molecule has 1 aromatic carbocycles. The number of aryl methyl sites for hydroxylation is 2. The average molecular weight is 849 g/mol. The molecule has 0 aliphatic rings. The van der Waals surface area contributed by atoms with Gasteiger partial charge >= 0.3 is 5.97 Å². The Morgan fingerprint density at radius 3 is 1.82 bits per heavy atom. The first kappa shape index (κ1) is 40.8. The summed E-state index contributed by atoms with van der Waals surface area (Å²) in [5.41, 5.74) is 2.63. The van der Waals surface area contributed by atoms with Gasteiger partial charge in [-0.15, -0.1) is 68.0 Å². The van der Waals surface area contributed by atoms with Crippen molar-refractivity contribution >= 4 is 104 Å². The fourth-order valence-electron chi connectivity index (χ4n) is 7.87. The Morgan fingerprint density at radius 2 is 1.25 bits per heavy atom. The Kier molecular flexibility index (Phi) is 13.4. The molecule has 0 saturated heterocycles. The number of carbonyl (C=O) groups excluding carboxylic acids is 1. The third kappa shape index (κ3) is 8.31. The molecule has 0 aliphatic heterocycles. The largest absolute Gasteiger partial charge is 0.461 e. The van der Waals surface area contributed by atoms with Gasteiger partial charge in [0.15, 0.2) is 5.82 Å². The number of hydrogen-bond acceptors (Lipinski definition) is 8. The number of fused-ring (bicyclic) bond motifs is 3. The van der Waals surface area contributed by atoms with Crippen molar-refractivity contribution in [2.75, 3.05) is 6.61 Å². The van der Waals surface area contributed by atoms with E-state index in [9.17, 15) is 4.79 Å². The third-order valence-corrected chi connectivity index (χ3v) is 18.1. The Bertz CT molecular complexity index is 2300. The standard InChI is InChI=1S/C46H53FO2S6/c1-8-13-15-28(11-4)23-30-17-19-34(52-30)37-32-22-26(6)50-42(32)38(35-20-18-31(53-35)24-29(12-5)16-14-9-2)33-25-36(54-43(33)37)44-39-40(47)45(46(48)49-21-10-3)55-41(39)27(7)51-44/h17-20,22,25,28-29H,8-16,21,23-24H2,1-7H3. The van der Waals surface area contributed by atoms with Gasteiger partial charge in [-0.25, -0.2) is 9.18 Å². The first-order chi connectivity index (χ1) is 26.7. The van der Waals surface area contributed by atoms with Crippen LogP contribution >= 0.6 is 68.0 Å². The molecule has 0 bridgehead atoms. The first-order valence-corrected chi connectivity index (χ1v) is 25.2. The second-order valence-electron chi connectivity index (χ2n) is 15.0. The van der Waals surface area contributed by atoms with Gasteiger partial charge in [0, 0.05) is 70.8 Å². The fourth-order valence-corrected chi connectivity index (χ4v) is 15.1. The lowest BCUT2D eigenvalue weighted by atomic mass is 9.95. The minimum Gasteiger partial charge on any atom is -0.461 e. The topological polar surface area (TPSA) is 26.3 Å². The van der Waals surface area contributed by atoms with Gasteiger partial charge in [-0.1, -0.05) is 86.0 Å². The summed E-state index contributed by atoms with van der Waals surface area (Å²) < 4.78 is 25.3. The normalized spacial score (nSPS) is 13.2. The number of carbonyl (C=O) groups is 1. The van der Waals surface area contributed by atoms with E-state index in [4.69, 9.17) is 4.74 Å². The molecule has 292 valence electrons. The van der Waals surface area contributed by atoms with Gasteiger partial charge in [-0.05, 0) is 81.3 Å². The fraction of sp³-hybridized carbons (Fsp3) is 0.457. The van der Waals surface area contributed by atoms with Crippen LogP contribution in [0.15, 0.2) is 36.4 Å². The van der Waals surface area contributed by atoms with E-state index in [1.165, 1.54) is 118 Å². The number of benzene rings is 1. The molecule has 2 nitrogen and oxygen atoms in total. The summed E-state index contributed by atoms with van der Waals surface area (Å²) in [6, 6.07) is 14.2. The number of rotatable bonds is 18. The van der Waals surface area contributed by atoms with E-state index in [2.05, 4.69) is 71.0 Å². The minimum atomic E-state index is -0.561. The molecular formula is C46H53FO2S6. The van der Waals surface area contributed by atoms with Crippen molar-refractivity contribution in [3.63, 3.8) is 0 Å². The second kappa shape index (κ2) is 18.0. The van der Waals surface area contributed by atoms with Crippen molar-refractivity contribution in [2.24, 2.45) is 11.8 Å². The van der Waals surface area contributed by atoms with Crippen LogP contribution in [0.1, 0.15) is 122 Å². The summed E-state index contributed by atoms with van der Waals surface area (Å²) >= 11 is 10.5. The molecule has 0 radical (unpaired) electrons. The van der Waals surface area contributed by atoms with E-state index in [0.29, 0.717) is 23.6 Å². The number of hydrogen-bond donors (Lipinski definition) is 0. The zero-order valence-electron chi connectivity index (χ0n) is 33.2. The molecule has 2 atom stereocenters. The summed E-state index contributed by atoms with van der Waals surface area (Å²) in [4.78, 5) is 22.9. The van der Waals surface area contributed by atoms with Crippen LogP contribution in [0.4, 0.5) is 4.39 Å². The minimum absolute atomic E-state index is 0.0833. The Morgan fingerprint density at radius 1 is 0.673 bits per heavy atom. The molecule has 0 N–H and O–H groups in total. The van der Waals surface area contributed by atoms with Crippen molar-refractivity contribution in [3.05, 3.63) is 66.6 Å². The molecule has 6 heterocycles. The summed E-state index contributed by atoms with van der Waals surface area (Å²) in [5.74, 6) is 0.418. The highest BCUT2D eigenvalue weighted by Crippen LogP contribution is 2.55. The molecular weight excluding hydrogens is 796 g/mol. The molecule has 0 fully saturated rings. The van der Waals surface area contributed by atoms with Gasteiger partial charge in [0.25, 0.3) is 0 Å². The Labute approximate surface area is 350 Å². The Balaban J connectivity index is 1.42. The number of esters is 1. The molecule has 6 aromatic heterocycles. The van der Waals surface area contributed by atoms with E-state index in [1.54, 1.807) is 22.7 Å². The molecule has 2 unspecified atom stereocenters. The summed E-state index contributed by atoms with van der Waals surface area (Å²) in [6.45, 7) is 15.8. The number of halogens is 1. The SMILES string of the molecule is CCCCC(CC)Cc1ccc(-c2c3cc(-c4sc(C)c5sc(C(=O)OCCC)c(F)c45)sc3c(-c3ccc(CC(CC)CCCC)s3)c3cc(C)sc23)s1. The molecule has 0 aliphatic carbocycles. The Hall–Kier alpha value is -2.40. The van der Waals surface area contributed by atoms with Crippen LogP contribution in [0.2, 0.25) is 0 Å². The molecule has 7 rings (SSSR count). The van der Waals surface area contributed by atoms with Gasteiger partial charge in [-0.2, -0.15) is 0 Å². The van der Waals surface area contributed by atoms with Crippen LogP contribution in [0, 0.1) is 31.5 Å². The van der Waals surface area contributed by atoms with Crippen molar-refractivity contribution in [3.8, 4) is 30.6 Å². The van der Waals surface area contributed by atoms with E-state index >= 15 is 4.39 Å². The highest BCUT2D eigenvalue weighted by molar-refractivity contribution is 7.31. The number of thiophene rings is 6. The van der Waals surface area contributed by atoms with Crippen LogP contribution in [-0.2, 0) is 17.6 Å². The quantitative estimate of drug-likeness (QED) is 0.0804. The monoisotopic (exact) mass is 848 g/mol. The average Bonchev–Trinajstić information content (AvgIpc) is 4.04. The van der Waals surface area contributed by atoms with Crippen LogP contribution in [0.5, 0.6) is 0 Å². The lowest BCUT2D eigenvalue weighted by Gasteiger charge is -2.13. The predicted octanol–water partition coefficient (Wildman–Crippen LogP) is 17.4. The summed E-state index contributed by atoms with van der Waals surface area (Å²) in [5, 5.41) is 3.14. The highest BCUT2D eigenvalue weighted by atomic mass is 32.1. The van der Waals surface area contributed by atoms with Crippen LogP contribution in [-0.4, -0.2) is 12.6 Å². The van der Waals surface area contributed by atoms with E-state index in [0.717, 1.165) is 32.2 Å². The molecule has 7 aromatic rings. The zero-order valence-corrected chi connectivity index (χ0v) is 38.1. The molecule has 0 saturated carbocycles. The second-order valence-corrected chi connectivity index (χ2v) is 21.9. The van der Waals surface area contributed by atoms with Crippen LogP contribution < -0.4 is 0 Å². The van der Waals surface area contributed by atoms with Gasteiger partial charge in [-0.3, -0.25) is 0 Å². The molecule has 55 heavy (non-hydrogen) atoms. The van der Waals surface area contributed by atoms with Crippen molar-refractivity contribution in [2.45, 2.75) is 119 Å². The third-order valence-electron chi connectivity index (χ3n) is 11.0. The lowest BCUT2D eigenvalue weighted by Crippen LogP contribution is -2.05. The van der Waals surface area contributed by atoms with Gasteiger partial charge < -0.3 is 4.74 Å². The smallest absolute Gasteiger partial charge is 0.351 e. The van der Waals surface area contributed by atoms with Crippen LogP contribution in [0.25, 0.3) is 60.9 Å². The van der Waals surface area contributed by atoms with Gasteiger partial charge in [0.1, 0.15) is 4.88 Å². The molecule has 0 spiro atoms. The van der Waals surface area contributed by atoms with Crippen molar-refractivity contribution in [1.29, 1.82) is 0 Å². The maximum absolute atomic E-state index is 16.4. The predicted molar refractivity (Wildman–Crippen MR) is 247 cm³/mol. The number of unbranched alkanes of at least 4 members (excludes halogenated alkanes) is 2. The molecule has 0 amide bonds. The zero-order chi connectivity index (χ0) is 38.8. The van der Waals surface area contributed by atoms with E-state index < -0.39 is 11.8 Å². The summed E-state index contributed by atoms with van der Waals surface area (Å²) in [7, 11) is 0. The van der Waals surface area contributed by atoms with E-state index in [-0.39, 0.29) is 11.5 Å². The lowest BCUT2D eigenvalue weighted by molar-refractivity contribution is 0.0506. The number of ether oxygens (including phenoxy) is 1. The molecule has 9 heteroatoms. The van der Waals surface area contributed by atoms with Crippen molar-refractivity contribution in [1.82, 2.24) is 0 Å². The van der Waals surface area contributed by atoms with Gasteiger partial charge in [0.05, 0.1) is 16.2 Å². The maximum Gasteiger partial charge on any atom is 0.351 e. The van der Waals surface area contributed by atoms with Crippen molar-refractivity contribution < 1.29 is 13.9 Å².